The van der Waals surface area contributed by atoms with Crippen molar-refractivity contribution in [3.8, 4) is 11.5 Å². The third kappa shape index (κ3) is 6.91. The number of guanidine groups is 1. The Kier molecular flexibility index (Phi) is 10.1. The number of aliphatic imine (C=N–C) groups is 1. The zero-order valence-electron chi connectivity index (χ0n) is 16.3. The fourth-order valence-electron chi connectivity index (χ4n) is 2.43. The molecule has 7 nitrogen and oxygen atoms in total. The van der Waals surface area contributed by atoms with Crippen molar-refractivity contribution in [1.82, 2.24) is 5.32 Å². The fraction of sp³-hybridized carbons (Fsp3) is 0.300. The Morgan fingerprint density at radius 1 is 1.11 bits per heavy atom. The van der Waals surface area contributed by atoms with Gasteiger partial charge in [-0.2, -0.15) is 0 Å². The van der Waals surface area contributed by atoms with Gasteiger partial charge in [0.05, 0.1) is 20.8 Å². The number of carbonyl (C=O) groups excluding carboxylic acids is 1. The van der Waals surface area contributed by atoms with E-state index in [2.05, 4.69) is 15.6 Å². The first kappa shape index (κ1) is 23.5. The van der Waals surface area contributed by atoms with Crippen LogP contribution in [0.2, 0.25) is 0 Å². The molecule has 1 amide bonds. The summed E-state index contributed by atoms with van der Waals surface area (Å²) < 4.78 is 10.5. The van der Waals surface area contributed by atoms with E-state index in [0.717, 1.165) is 17.7 Å². The van der Waals surface area contributed by atoms with Crippen LogP contribution in [0.5, 0.6) is 11.5 Å². The number of amides is 1. The van der Waals surface area contributed by atoms with E-state index in [-0.39, 0.29) is 35.8 Å². The second-order valence-corrected chi connectivity index (χ2v) is 5.85. The van der Waals surface area contributed by atoms with Crippen molar-refractivity contribution in [3.05, 3.63) is 53.6 Å². The fourth-order valence-corrected chi connectivity index (χ4v) is 2.43. The highest BCUT2D eigenvalue weighted by atomic mass is 127. The first-order chi connectivity index (χ1) is 13.1. The summed E-state index contributed by atoms with van der Waals surface area (Å²) in [6.45, 7) is 3.03. The van der Waals surface area contributed by atoms with Gasteiger partial charge in [-0.25, -0.2) is 4.99 Å². The number of nitrogens with two attached hydrogens (primary N) is 1. The van der Waals surface area contributed by atoms with E-state index in [1.165, 1.54) is 0 Å². The van der Waals surface area contributed by atoms with Crippen molar-refractivity contribution >= 4 is 41.5 Å². The van der Waals surface area contributed by atoms with Gasteiger partial charge in [0.1, 0.15) is 0 Å². The predicted octanol–water partition coefficient (Wildman–Crippen LogP) is 3.39. The number of hydrogen-bond donors (Lipinski definition) is 3. The molecule has 0 atom stereocenters. The van der Waals surface area contributed by atoms with E-state index < -0.39 is 0 Å². The van der Waals surface area contributed by atoms with Gasteiger partial charge < -0.3 is 25.8 Å². The number of nitrogens with one attached hydrogen (secondary N) is 2. The van der Waals surface area contributed by atoms with Crippen LogP contribution in [-0.4, -0.2) is 32.6 Å². The summed E-state index contributed by atoms with van der Waals surface area (Å²) in [5.74, 6) is 1.42. The van der Waals surface area contributed by atoms with E-state index in [4.69, 9.17) is 15.2 Å². The maximum absolute atomic E-state index is 12.0. The molecule has 0 saturated carbocycles. The molecule has 152 valence electrons. The number of carbonyl (C=O) groups is 1. The lowest BCUT2D eigenvalue weighted by Crippen LogP contribution is -2.24. The van der Waals surface area contributed by atoms with Crippen molar-refractivity contribution in [2.45, 2.75) is 19.9 Å². The van der Waals surface area contributed by atoms with Gasteiger partial charge in [0, 0.05) is 23.9 Å². The van der Waals surface area contributed by atoms with E-state index in [9.17, 15) is 4.79 Å². The molecule has 0 fully saturated rings. The molecule has 0 aliphatic rings. The van der Waals surface area contributed by atoms with Crippen LogP contribution in [-0.2, 0) is 6.54 Å². The smallest absolute Gasteiger partial charge is 0.251 e. The Hall–Kier alpha value is -2.49. The normalized spacial score (nSPS) is 10.6. The van der Waals surface area contributed by atoms with Crippen LogP contribution in [0.4, 0.5) is 5.69 Å². The number of halogens is 1. The minimum absolute atomic E-state index is 0. The molecule has 0 radical (unpaired) electrons. The molecular weight excluding hydrogens is 471 g/mol. The summed E-state index contributed by atoms with van der Waals surface area (Å²) in [5.41, 5.74) is 8.22. The summed E-state index contributed by atoms with van der Waals surface area (Å²) in [7, 11) is 3.15. The van der Waals surface area contributed by atoms with Gasteiger partial charge in [-0.3, -0.25) is 4.79 Å². The molecule has 4 N–H and O–H groups in total. The number of benzene rings is 2. The Bertz CT molecular complexity index is 812. The molecule has 0 bridgehead atoms. The predicted molar refractivity (Wildman–Crippen MR) is 123 cm³/mol. The van der Waals surface area contributed by atoms with Gasteiger partial charge in [-0.1, -0.05) is 19.1 Å². The quantitative estimate of drug-likeness (QED) is 0.295. The molecule has 0 saturated heterocycles. The number of hydrogen-bond acceptors (Lipinski definition) is 4. The third-order valence-corrected chi connectivity index (χ3v) is 3.81. The molecule has 28 heavy (non-hydrogen) atoms. The molecule has 0 aromatic heterocycles. The van der Waals surface area contributed by atoms with Crippen LogP contribution in [0, 0.1) is 0 Å². The number of anilines is 1. The van der Waals surface area contributed by atoms with Gasteiger partial charge in [-0.15, -0.1) is 24.0 Å². The molecule has 2 aromatic carbocycles. The average molecular weight is 498 g/mol. The SMILES string of the molecule is CCCNC(=O)c1cccc(CN=C(N)Nc2ccc(OC)c(OC)c2)c1.I. The van der Waals surface area contributed by atoms with Crippen LogP contribution in [0.15, 0.2) is 47.5 Å². The second-order valence-electron chi connectivity index (χ2n) is 5.85. The second kappa shape index (κ2) is 12.1. The van der Waals surface area contributed by atoms with Crippen LogP contribution >= 0.6 is 24.0 Å². The Morgan fingerprint density at radius 2 is 1.86 bits per heavy atom. The molecule has 0 heterocycles. The van der Waals surface area contributed by atoms with Crippen molar-refractivity contribution < 1.29 is 14.3 Å². The lowest BCUT2D eigenvalue weighted by molar-refractivity contribution is 0.0953. The lowest BCUT2D eigenvalue weighted by atomic mass is 10.1. The van der Waals surface area contributed by atoms with Crippen LogP contribution < -0.4 is 25.8 Å². The molecule has 2 rings (SSSR count). The topological polar surface area (TPSA) is 98.0 Å². The van der Waals surface area contributed by atoms with Gasteiger partial charge in [-0.05, 0) is 36.2 Å². The molecule has 0 aliphatic carbocycles. The largest absolute Gasteiger partial charge is 0.493 e. The summed E-state index contributed by atoms with van der Waals surface area (Å²) >= 11 is 0. The van der Waals surface area contributed by atoms with Crippen molar-refractivity contribution in [3.63, 3.8) is 0 Å². The number of rotatable bonds is 8. The monoisotopic (exact) mass is 498 g/mol. The highest BCUT2D eigenvalue weighted by molar-refractivity contribution is 14.0. The van der Waals surface area contributed by atoms with Crippen molar-refractivity contribution in [2.24, 2.45) is 10.7 Å². The summed E-state index contributed by atoms with van der Waals surface area (Å²) in [4.78, 5) is 16.4. The van der Waals surface area contributed by atoms with E-state index in [1.807, 2.05) is 31.2 Å². The Labute approximate surface area is 182 Å². The van der Waals surface area contributed by atoms with E-state index in [1.54, 1.807) is 32.4 Å². The van der Waals surface area contributed by atoms with Gasteiger partial charge in [0.15, 0.2) is 17.5 Å². The van der Waals surface area contributed by atoms with Gasteiger partial charge >= 0.3 is 0 Å². The Balaban J connectivity index is 0.00000392. The average Bonchev–Trinajstić information content (AvgIpc) is 2.70. The Morgan fingerprint density at radius 3 is 2.54 bits per heavy atom. The molecule has 0 spiro atoms. The van der Waals surface area contributed by atoms with Crippen molar-refractivity contribution in [2.75, 3.05) is 26.1 Å². The zero-order chi connectivity index (χ0) is 19.6. The number of ether oxygens (including phenoxy) is 2. The lowest BCUT2D eigenvalue weighted by Gasteiger charge is -2.11. The van der Waals surface area contributed by atoms with E-state index >= 15 is 0 Å². The minimum atomic E-state index is -0.0842. The molecular formula is C20H27IN4O3. The molecule has 8 heteroatoms. The summed E-state index contributed by atoms with van der Waals surface area (Å²) in [6, 6.07) is 12.7. The van der Waals surface area contributed by atoms with E-state index in [0.29, 0.717) is 30.2 Å². The summed E-state index contributed by atoms with van der Waals surface area (Å²) in [6.07, 6.45) is 0.897. The maximum atomic E-state index is 12.0. The highest BCUT2D eigenvalue weighted by Crippen LogP contribution is 2.29. The molecule has 0 aliphatic heterocycles. The van der Waals surface area contributed by atoms with Crippen LogP contribution in [0.1, 0.15) is 29.3 Å². The minimum Gasteiger partial charge on any atom is -0.493 e. The number of methoxy groups -OCH3 is 2. The van der Waals surface area contributed by atoms with Gasteiger partial charge in [0.2, 0.25) is 0 Å². The molecule has 0 unspecified atom stereocenters. The zero-order valence-corrected chi connectivity index (χ0v) is 18.7. The van der Waals surface area contributed by atoms with Crippen molar-refractivity contribution in [1.29, 1.82) is 0 Å². The first-order valence-corrected chi connectivity index (χ1v) is 8.73. The highest BCUT2D eigenvalue weighted by Gasteiger charge is 2.06. The third-order valence-electron chi connectivity index (χ3n) is 3.81. The van der Waals surface area contributed by atoms with Gasteiger partial charge in [0.25, 0.3) is 5.91 Å². The van der Waals surface area contributed by atoms with Crippen LogP contribution in [0.3, 0.4) is 0 Å². The summed E-state index contributed by atoms with van der Waals surface area (Å²) in [5, 5.41) is 5.88. The maximum Gasteiger partial charge on any atom is 0.251 e. The van der Waals surface area contributed by atoms with Crippen LogP contribution in [0.25, 0.3) is 0 Å². The first-order valence-electron chi connectivity index (χ1n) is 8.73. The number of nitrogens with zero attached hydrogens (tertiary/aromatic N) is 1. The standard InChI is InChI=1S/C20H26N4O3.HI/c1-4-10-22-19(25)15-7-5-6-14(11-15)13-23-20(21)24-16-8-9-17(26-2)18(12-16)27-3;/h5-9,11-12H,4,10,13H2,1-3H3,(H,22,25)(H3,21,23,24);1H. The molecule has 2 aromatic rings.